The number of nitrogens with one attached hydrogen (secondary N) is 1. The molecule has 2 aromatic heterocycles. The normalized spacial score (nSPS) is 18.2. The van der Waals surface area contributed by atoms with Crippen molar-refractivity contribution < 1.29 is 4.52 Å². The second-order valence-corrected chi connectivity index (χ2v) is 7.27. The number of likely N-dealkylation sites (tertiary alicyclic amines) is 1. The average molecular weight is 339 g/mol. The minimum Gasteiger partial charge on any atom is -0.342 e. The molecule has 0 bridgehead atoms. The summed E-state index contributed by atoms with van der Waals surface area (Å²) in [5.41, 5.74) is 2.18. The summed E-state index contributed by atoms with van der Waals surface area (Å²) >= 11 is 0. The summed E-state index contributed by atoms with van der Waals surface area (Å²) in [6.07, 6.45) is 2.19. The molecule has 1 aromatic carbocycles. The zero-order chi connectivity index (χ0) is 17.4. The lowest BCUT2D eigenvalue weighted by molar-refractivity contribution is 0.135. The molecule has 1 atom stereocenters. The van der Waals surface area contributed by atoms with Crippen LogP contribution in [-0.2, 0) is 0 Å². The van der Waals surface area contributed by atoms with E-state index in [2.05, 4.69) is 52.9 Å². The lowest BCUT2D eigenvalue weighted by atomic mass is 9.95. The maximum absolute atomic E-state index is 5.47. The third kappa shape index (κ3) is 3.18. The molecule has 3 heterocycles. The maximum Gasteiger partial charge on any atom is 0.243 e. The number of piperidine rings is 1. The number of hydrogen-bond donors (Lipinski definition) is 1. The molecule has 132 valence electrons. The van der Waals surface area contributed by atoms with Crippen molar-refractivity contribution in [2.24, 2.45) is 0 Å². The average Bonchev–Trinajstić information content (AvgIpc) is 3.28. The molecule has 1 aliphatic rings. The Morgan fingerprint density at radius 1 is 1.12 bits per heavy atom. The number of fused-ring (bicyclic) bond motifs is 1. The first-order chi connectivity index (χ1) is 12.1. The third-order valence-electron chi connectivity index (χ3n) is 5.20. The fourth-order valence-corrected chi connectivity index (χ4v) is 3.53. The van der Waals surface area contributed by atoms with Crippen molar-refractivity contribution in [2.45, 2.75) is 51.5 Å². The SMILES string of the molecule is CC(C)c1noc(C(C)N2CCC(c3nc4ccccc4[nH]3)CC2)n1. The number of aromatic nitrogens is 4. The Labute approximate surface area is 147 Å². The van der Waals surface area contributed by atoms with E-state index < -0.39 is 0 Å². The van der Waals surface area contributed by atoms with Gasteiger partial charge in [-0.2, -0.15) is 4.98 Å². The monoisotopic (exact) mass is 339 g/mol. The summed E-state index contributed by atoms with van der Waals surface area (Å²) in [7, 11) is 0. The predicted molar refractivity (Wildman–Crippen MR) is 96.4 cm³/mol. The summed E-state index contributed by atoms with van der Waals surface area (Å²) in [6.45, 7) is 8.35. The van der Waals surface area contributed by atoms with Crippen molar-refractivity contribution >= 4 is 11.0 Å². The molecule has 0 radical (unpaired) electrons. The zero-order valence-electron chi connectivity index (χ0n) is 15.1. The van der Waals surface area contributed by atoms with Crippen LogP contribution in [0.15, 0.2) is 28.8 Å². The van der Waals surface area contributed by atoms with Crippen molar-refractivity contribution in [3.05, 3.63) is 41.8 Å². The quantitative estimate of drug-likeness (QED) is 0.777. The summed E-state index contributed by atoms with van der Waals surface area (Å²) < 4.78 is 5.47. The van der Waals surface area contributed by atoms with Crippen LogP contribution < -0.4 is 0 Å². The highest BCUT2D eigenvalue weighted by Crippen LogP contribution is 2.31. The summed E-state index contributed by atoms with van der Waals surface area (Å²) in [5, 5.41) is 4.09. The number of imidazole rings is 1. The van der Waals surface area contributed by atoms with Gasteiger partial charge in [0, 0.05) is 11.8 Å². The molecule has 1 saturated heterocycles. The topological polar surface area (TPSA) is 70.8 Å². The van der Waals surface area contributed by atoms with E-state index in [1.54, 1.807) is 0 Å². The van der Waals surface area contributed by atoms with E-state index in [-0.39, 0.29) is 6.04 Å². The highest BCUT2D eigenvalue weighted by Gasteiger charge is 2.28. The number of H-pyrrole nitrogens is 1. The minimum atomic E-state index is 0.164. The van der Waals surface area contributed by atoms with Crippen LogP contribution in [0.25, 0.3) is 11.0 Å². The second kappa shape index (κ2) is 6.59. The summed E-state index contributed by atoms with van der Waals surface area (Å²) in [5.74, 6) is 3.42. The molecule has 0 spiro atoms. The smallest absolute Gasteiger partial charge is 0.243 e. The van der Waals surface area contributed by atoms with Gasteiger partial charge in [0.15, 0.2) is 5.82 Å². The fraction of sp³-hybridized carbons (Fsp3) is 0.526. The van der Waals surface area contributed by atoms with Crippen molar-refractivity contribution in [1.29, 1.82) is 0 Å². The number of rotatable bonds is 4. The van der Waals surface area contributed by atoms with Gasteiger partial charge in [0.2, 0.25) is 5.89 Å². The molecule has 1 fully saturated rings. The van der Waals surface area contributed by atoms with Gasteiger partial charge >= 0.3 is 0 Å². The fourth-order valence-electron chi connectivity index (χ4n) is 3.53. The van der Waals surface area contributed by atoms with Gasteiger partial charge in [-0.05, 0) is 45.0 Å². The van der Waals surface area contributed by atoms with Crippen molar-refractivity contribution in [2.75, 3.05) is 13.1 Å². The van der Waals surface area contributed by atoms with E-state index in [9.17, 15) is 0 Å². The molecule has 0 amide bonds. The van der Waals surface area contributed by atoms with Crippen molar-refractivity contribution in [1.82, 2.24) is 25.0 Å². The molecule has 6 heteroatoms. The molecule has 0 saturated carbocycles. The van der Waals surface area contributed by atoms with Gasteiger partial charge in [-0.1, -0.05) is 31.1 Å². The van der Waals surface area contributed by atoms with Crippen LogP contribution in [0.2, 0.25) is 0 Å². The zero-order valence-corrected chi connectivity index (χ0v) is 15.1. The van der Waals surface area contributed by atoms with E-state index in [1.807, 2.05) is 12.1 Å². The molecular weight excluding hydrogens is 314 g/mol. The lowest BCUT2D eigenvalue weighted by Crippen LogP contribution is -2.35. The molecule has 1 aliphatic heterocycles. The number of aromatic amines is 1. The first-order valence-corrected chi connectivity index (χ1v) is 9.14. The first-order valence-electron chi connectivity index (χ1n) is 9.14. The Balaban J connectivity index is 1.41. The first kappa shape index (κ1) is 16.3. The van der Waals surface area contributed by atoms with Crippen LogP contribution in [0, 0.1) is 0 Å². The van der Waals surface area contributed by atoms with Crippen LogP contribution in [0.4, 0.5) is 0 Å². The van der Waals surface area contributed by atoms with Crippen LogP contribution >= 0.6 is 0 Å². The van der Waals surface area contributed by atoms with Gasteiger partial charge in [0.1, 0.15) is 5.82 Å². The number of nitrogens with zero attached hydrogens (tertiary/aromatic N) is 4. The van der Waals surface area contributed by atoms with Crippen molar-refractivity contribution in [3.63, 3.8) is 0 Å². The maximum atomic E-state index is 5.47. The molecule has 6 nitrogen and oxygen atoms in total. The van der Waals surface area contributed by atoms with Crippen LogP contribution in [-0.4, -0.2) is 38.1 Å². The van der Waals surface area contributed by atoms with E-state index in [0.717, 1.165) is 54.5 Å². The van der Waals surface area contributed by atoms with Gasteiger partial charge in [0.25, 0.3) is 0 Å². The van der Waals surface area contributed by atoms with E-state index in [1.165, 1.54) is 0 Å². The molecule has 0 aliphatic carbocycles. The van der Waals surface area contributed by atoms with E-state index >= 15 is 0 Å². The second-order valence-electron chi connectivity index (χ2n) is 7.27. The third-order valence-corrected chi connectivity index (χ3v) is 5.20. The van der Waals surface area contributed by atoms with Gasteiger partial charge < -0.3 is 9.51 Å². The Kier molecular flexibility index (Phi) is 4.29. The van der Waals surface area contributed by atoms with Crippen LogP contribution in [0.5, 0.6) is 0 Å². The van der Waals surface area contributed by atoms with Crippen LogP contribution in [0.1, 0.15) is 69.0 Å². The molecule has 1 unspecified atom stereocenters. The highest BCUT2D eigenvalue weighted by atomic mass is 16.5. The minimum absolute atomic E-state index is 0.164. The van der Waals surface area contributed by atoms with Gasteiger partial charge in [-0.15, -0.1) is 0 Å². The highest BCUT2D eigenvalue weighted by molar-refractivity contribution is 5.74. The number of para-hydroxylation sites is 2. The molecular formula is C19H25N5O. The lowest BCUT2D eigenvalue weighted by Gasteiger charge is -2.33. The Morgan fingerprint density at radius 3 is 2.56 bits per heavy atom. The van der Waals surface area contributed by atoms with Gasteiger partial charge in [-0.25, -0.2) is 4.98 Å². The van der Waals surface area contributed by atoms with E-state index in [0.29, 0.717) is 11.8 Å². The number of benzene rings is 1. The molecule has 3 aromatic rings. The molecule has 1 N–H and O–H groups in total. The number of hydrogen-bond acceptors (Lipinski definition) is 5. The van der Waals surface area contributed by atoms with E-state index in [4.69, 9.17) is 9.51 Å². The van der Waals surface area contributed by atoms with Crippen LogP contribution in [0.3, 0.4) is 0 Å². The summed E-state index contributed by atoms with van der Waals surface area (Å²) in [6, 6.07) is 8.40. The standard InChI is InChI=1S/C19H25N5O/c1-12(2)17-22-19(25-23-17)13(3)24-10-8-14(9-11-24)18-20-15-6-4-5-7-16(15)21-18/h4-7,12-14H,8-11H2,1-3H3,(H,20,21). The van der Waals surface area contributed by atoms with Crippen molar-refractivity contribution in [3.8, 4) is 0 Å². The van der Waals surface area contributed by atoms with Gasteiger partial charge in [-0.3, -0.25) is 4.90 Å². The Bertz CT molecular complexity index is 811. The Hall–Kier alpha value is -2.21. The molecule has 25 heavy (non-hydrogen) atoms. The van der Waals surface area contributed by atoms with Gasteiger partial charge in [0.05, 0.1) is 17.1 Å². The largest absolute Gasteiger partial charge is 0.342 e. The molecule has 4 rings (SSSR count). The Morgan fingerprint density at radius 2 is 1.88 bits per heavy atom. The summed E-state index contributed by atoms with van der Waals surface area (Å²) in [4.78, 5) is 15.2. The predicted octanol–water partition coefficient (Wildman–Crippen LogP) is 4.01.